The van der Waals surface area contributed by atoms with Crippen molar-refractivity contribution in [1.82, 2.24) is 15.3 Å². The van der Waals surface area contributed by atoms with E-state index in [9.17, 15) is 4.79 Å². The predicted octanol–water partition coefficient (Wildman–Crippen LogP) is 1.51. The van der Waals surface area contributed by atoms with Gasteiger partial charge in [0.2, 0.25) is 5.91 Å². The van der Waals surface area contributed by atoms with Gasteiger partial charge in [0.15, 0.2) is 0 Å². The van der Waals surface area contributed by atoms with E-state index in [4.69, 9.17) is 10.5 Å². The average Bonchev–Trinajstić information content (AvgIpc) is 2.86. The highest BCUT2D eigenvalue weighted by Crippen LogP contribution is 2.33. The summed E-state index contributed by atoms with van der Waals surface area (Å²) in [5.74, 6) is 1.56. The second kappa shape index (κ2) is 7.34. The smallest absolute Gasteiger partial charge is 0.320 e. The molecule has 3 N–H and O–H groups in total. The lowest BCUT2D eigenvalue weighted by Crippen LogP contribution is -2.38. The van der Waals surface area contributed by atoms with Crippen molar-refractivity contribution in [3.05, 3.63) is 5.56 Å². The van der Waals surface area contributed by atoms with Gasteiger partial charge < -0.3 is 15.8 Å². The highest BCUT2D eigenvalue weighted by Gasteiger charge is 2.34. The lowest BCUT2D eigenvalue weighted by atomic mass is 9.98. The van der Waals surface area contributed by atoms with Gasteiger partial charge in [0.05, 0.1) is 12.5 Å². The summed E-state index contributed by atoms with van der Waals surface area (Å²) in [5.41, 5.74) is 6.80. The first-order valence-corrected chi connectivity index (χ1v) is 8.92. The molecule has 1 amide bonds. The van der Waals surface area contributed by atoms with Crippen LogP contribution in [-0.4, -0.2) is 41.6 Å². The van der Waals surface area contributed by atoms with Gasteiger partial charge in [0, 0.05) is 12.1 Å². The van der Waals surface area contributed by atoms with Crippen LogP contribution in [0.5, 0.6) is 6.01 Å². The number of rotatable bonds is 6. The quantitative estimate of drug-likeness (QED) is 0.820. The Kier molecular flexibility index (Phi) is 5.18. The number of ether oxygens (including phenoxy) is 1. The number of fused-ring (bicyclic) bond motifs is 1. The minimum atomic E-state index is 0.0300. The minimum Gasteiger partial charge on any atom is -0.460 e. The first-order valence-electron chi connectivity index (χ1n) is 8.92. The molecule has 3 heterocycles. The average molecular weight is 333 g/mol. The minimum absolute atomic E-state index is 0.0300. The molecule has 24 heavy (non-hydrogen) atoms. The summed E-state index contributed by atoms with van der Waals surface area (Å²) in [6.45, 7) is 6.82. The number of nitrogen functional groups attached to an aromatic ring is 1. The van der Waals surface area contributed by atoms with Gasteiger partial charge in [0.1, 0.15) is 11.6 Å². The summed E-state index contributed by atoms with van der Waals surface area (Å²) in [6.07, 6.45) is 4.44. The lowest BCUT2D eigenvalue weighted by molar-refractivity contribution is -0.117. The fourth-order valence-corrected chi connectivity index (χ4v) is 3.43. The molecule has 1 saturated heterocycles. The highest BCUT2D eigenvalue weighted by atomic mass is 16.5. The third kappa shape index (κ3) is 3.61. The molecule has 0 spiro atoms. The molecule has 7 heteroatoms. The SMILES string of the molecule is CCC[C@H](C)Oc1nc(N)c2c(n1)N(CC1CCNCC1)C(=O)C2. The van der Waals surface area contributed by atoms with Crippen LogP contribution in [0.3, 0.4) is 0 Å². The zero-order valence-corrected chi connectivity index (χ0v) is 14.5. The molecule has 132 valence electrons. The summed E-state index contributed by atoms with van der Waals surface area (Å²) >= 11 is 0. The second-order valence-electron chi connectivity index (χ2n) is 6.79. The van der Waals surface area contributed by atoms with Crippen molar-refractivity contribution in [3.63, 3.8) is 0 Å². The number of hydrogen-bond donors (Lipinski definition) is 2. The zero-order chi connectivity index (χ0) is 17.1. The third-order valence-electron chi connectivity index (χ3n) is 4.78. The Morgan fingerprint density at radius 1 is 1.38 bits per heavy atom. The van der Waals surface area contributed by atoms with Crippen LogP contribution in [0.1, 0.15) is 45.1 Å². The van der Waals surface area contributed by atoms with Crippen LogP contribution in [0.15, 0.2) is 0 Å². The van der Waals surface area contributed by atoms with Crippen molar-refractivity contribution in [1.29, 1.82) is 0 Å². The van der Waals surface area contributed by atoms with E-state index in [1.54, 1.807) is 4.90 Å². The van der Waals surface area contributed by atoms with Crippen LogP contribution in [0, 0.1) is 5.92 Å². The van der Waals surface area contributed by atoms with Gasteiger partial charge in [-0.3, -0.25) is 9.69 Å². The van der Waals surface area contributed by atoms with Gasteiger partial charge in [0.25, 0.3) is 0 Å². The summed E-state index contributed by atoms with van der Waals surface area (Å²) < 4.78 is 5.78. The van der Waals surface area contributed by atoms with E-state index in [0.29, 0.717) is 24.1 Å². The van der Waals surface area contributed by atoms with E-state index in [0.717, 1.165) is 44.3 Å². The van der Waals surface area contributed by atoms with Crippen molar-refractivity contribution in [2.24, 2.45) is 5.92 Å². The van der Waals surface area contributed by atoms with Crippen molar-refractivity contribution >= 4 is 17.5 Å². The molecular formula is C17H27N5O2. The van der Waals surface area contributed by atoms with Crippen molar-refractivity contribution in [2.75, 3.05) is 30.3 Å². The van der Waals surface area contributed by atoms with Crippen LogP contribution in [-0.2, 0) is 11.2 Å². The second-order valence-corrected chi connectivity index (χ2v) is 6.79. The van der Waals surface area contributed by atoms with Crippen LogP contribution in [0.2, 0.25) is 0 Å². The molecule has 0 unspecified atom stereocenters. The number of piperidine rings is 1. The molecule has 0 aliphatic carbocycles. The standard InChI is InChI=1S/C17H27N5O2/c1-3-4-11(2)24-17-20-15(18)13-9-14(23)22(16(13)21-17)10-12-5-7-19-8-6-12/h11-12,19H,3-10H2,1-2H3,(H2,18,20,21)/t11-/m0/s1. The Morgan fingerprint density at radius 2 is 2.12 bits per heavy atom. The summed E-state index contributed by atoms with van der Waals surface area (Å²) in [7, 11) is 0. The topological polar surface area (TPSA) is 93.4 Å². The van der Waals surface area contributed by atoms with Crippen LogP contribution in [0.4, 0.5) is 11.6 Å². The molecule has 0 aromatic carbocycles. The third-order valence-corrected chi connectivity index (χ3v) is 4.78. The maximum absolute atomic E-state index is 12.4. The first-order chi connectivity index (χ1) is 11.6. The largest absolute Gasteiger partial charge is 0.460 e. The summed E-state index contributed by atoms with van der Waals surface area (Å²) in [6, 6.07) is 0.275. The molecule has 0 radical (unpaired) electrons. The fraction of sp³-hybridized carbons (Fsp3) is 0.706. The summed E-state index contributed by atoms with van der Waals surface area (Å²) in [5, 5.41) is 3.35. The van der Waals surface area contributed by atoms with Gasteiger partial charge in [-0.2, -0.15) is 9.97 Å². The van der Waals surface area contributed by atoms with Crippen LogP contribution >= 0.6 is 0 Å². The molecule has 1 fully saturated rings. The van der Waals surface area contributed by atoms with Crippen LogP contribution < -0.4 is 20.7 Å². The Labute approximate surface area is 143 Å². The van der Waals surface area contributed by atoms with Gasteiger partial charge in [-0.05, 0) is 45.2 Å². The number of hydrogen-bond acceptors (Lipinski definition) is 6. The van der Waals surface area contributed by atoms with Crippen LogP contribution in [0.25, 0.3) is 0 Å². The number of nitrogens with one attached hydrogen (secondary N) is 1. The zero-order valence-electron chi connectivity index (χ0n) is 14.5. The van der Waals surface area contributed by atoms with E-state index >= 15 is 0 Å². The Bertz CT molecular complexity index is 601. The lowest BCUT2D eigenvalue weighted by Gasteiger charge is -2.27. The first kappa shape index (κ1) is 17.0. The number of anilines is 2. The Hall–Kier alpha value is -1.89. The number of amides is 1. The molecule has 7 nitrogen and oxygen atoms in total. The monoisotopic (exact) mass is 333 g/mol. The fourth-order valence-electron chi connectivity index (χ4n) is 3.43. The molecule has 2 aliphatic heterocycles. The normalized spacial score (nSPS) is 19.4. The molecule has 1 aromatic rings. The predicted molar refractivity (Wildman–Crippen MR) is 93.1 cm³/mol. The molecule has 1 atom stereocenters. The number of carbonyl (C=O) groups is 1. The van der Waals surface area contributed by atoms with E-state index in [2.05, 4.69) is 22.2 Å². The number of carbonyl (C=O) groups excluding carboxylic acids is 1. The maximum atomic E-state index is 12.4. The van der Waals surface area contributed by atoms with Gasteiger partial charge in [-0.15, -0.1) is 0 Å². The van der Waals surface area contributed by atoms with Gasteiger partial charge in [-0.25, -0.2) is 0 Å². The molecule has 0 saturated carbocycles. The molecule has 1 aromatic heterocycles. The molecule has 0 bridgehead atoms. The van der Waals surface area contributed by atoms with Crippen molar-refractivity contribution < 1.29 is 9.53 Å². The molecule has 2 aliphatic rings. The number of nitrogens with two attached hydrogens (primary N) is 1. The maximum Gasteiger partial charge on any atom is 0.320 e. The van der Waals surface area contributed by atoms with E-state index < -0.39 is 0 Å². The van der Waals surface area contributed by atoms with Crippen molar-refractivity contribution in [3.8, 4) is 6.01 Å². The summed E-state index contributed by atoms with van der Waals surface area (Å²) in [4.78, 5) is 23.0. The Morgan fingerprint density at radius 3 is 2.83 bits per heavy atom. The molecule has 3 rings (SSSR count). The Balaban J connectivity index is 1.79. The van der Waals surface area contributed by atoms with Gasteiger partial charge >= 0.3 is 6.01 Å². The highest BCUT2D eigenvalue weighted by molar-refractivity contribution is 6.01. The van der Waals surface area contributed by atoms with Crippen molar-refractivity contribution in [2.45, 2.75) is 52.1 Å². The number of nitrogens with zero attached hydrogens (tertiary/aromatic N) is 3. The number of aromatic nitrogens is 2. The van der Waals surface area contributed by atoms with E-state index in [1.807, 2.05) is 6.92 Å². The van der Waals surface area contributed by atoms with E-state index in [-0.39, 0.29) is 24.4 Å². The molecular weight excluding hydrogens is 306 g/mol. The van der Waals surface area contributed by atoms with E-state index in [1.165, 1.54) is 0 Å². The van der Waals surface area contributed by atoms with Gasteiger partial charge in [-0.1, -0.05) is 13.3 Å².